The number of rotatable bonds is 6. The Hall–Kier alpha value is -1.14. The first-order chi connectivity index (χ1) is 6.37. The van der Waals surface area contributed by atoms with Crippen LogP contribution in [-0.2, 0) is 14.3 Å². The van der Waals surface area contributed by atoms with Crippen LogP contribution in [0.4, 0.5) is 0 Å². The Bertz CT molecular complexity index is 210. The highest BCUT2D eigenvalue weighted by atomic mass is 16.8. The average molecular weight is 206 g/mol. The second kappa shape index (κ2) is 5.56. The van der Waals surface area contributed by atoms with E-state index in [0.29, 0.717) is 6.42 Å². The van der Waals surface area contributed by atoms with Crippen molar-refractivity contribution in [3.63, 3.8) is 0 Å². The Morgan fingerprint density at radius 2 is 1.86 bits per heavy atom. The largest absolute Gasteiger partial charge is 0.481 e. The predicted molar refractivity (Wildman–Crippen MR) is 45.0 cm³/mol. The van der Waals surface area contributed by atoms with Crippen molar-refractivity contribution < 1.29 is 29.6 Å². The lowest BCUT2D eigenvalue weighted by Crippen LogP contribution is -2.34. The molecule has 82 valence electrons. The molecule has 0 aromatic carbocycles. The molecule has 0 aliphatic carbocycles. The second-order valence-corrected chi connectivity index (χ2v) is 2.86. The van der Waals surface area contributed by atoms with E-state index in [1.807, 2.05) is 0 Å². The summed E-state index contributed by atoms with van der Waals surface area (Å²) >= 11 is 0. The molecule has 14 heavy (non-hydrogen) atoms. The summed E-state index contributed by atoms with van der Waals surface area (Å²) in [5.41, 5.74) is 0. The van der Waals surface area contributed by atoms with Crippen LogP contribution >= 0.6 is 0 Å². The molecular formula is C8H14O6. The quantitative estimate of drug-likeness (QED) is 0.412. The minimum Gasteiger partial charge on any atom is -0.481 e. The van der Waals surface area contributed by atoms with Crippen LogP contribution in [0.2, 0.25) is 0 Å². The number of hydrogen-bond acceptors (Lipinski definition) is 5. The van der Waals surface area contributed by atoms with Gasteiger partial charge in [0.05, 0.1) is 12.8 Å². The van der Waals surface area contributed by atoms with E-state index in [4.69, 9.17) is 15.3 Å². The number of carbonyl (C=O) groups is 2. The maximum absolute atomic E-state index is 10.8. The summed E-state index contributed by atoms with van der Waals surface area (Å²) in [7, 11) is 0. The molecule has 6 nitrogen and oxygen atoms in total. The molecular weight excluding hydrogens is 192 g/mol. The first-order valence-electron chi connectivity index (χ1n) is 4.26. The molecule has 0 radical (unpaired) electrons. The lowest BCUT2D eigenvalue weighted by atomic mass is 10.3. The maximum Gasteiger partial charge on any atom is 0.324 e. The molecule has 6 heteroatoms. The van der Waals surface area contributed by atoms with Gasteiger partial charge in [-0.15, -0.1) is 0 Å². The monoisotopic (exact) mass is 206 g/mol. The van der Waals surface area contributed by atoms with Crippen molar-refractivity contribution in [3.8, 4) is 0 Å². The lowest BCUT2D eigenvalue weighted by Gasteiger charge is -2.20. The van der Waals surface area contributed by atoms with Crippen molar-refractivity contribution in [2.75, 3.05) is 0 Å². The zero-order chi connectivity index (χ0) is 11.2. The summed E-state index contributed by atoms with van der Waals surface area (Å²) in [4.78, 5) is 20.9. The molecule has 0 aliphatic heterocycles. The van der Waals surface area contributed by atoms with Crippen LogP contribution in [0.1, 0.15) is 32.6 Å². The molecule has 0 aromatic rings. The molecule has 0 bridgehead atoms. The van der Waals surface area contributed by atoms with Gasteiger partial charge < -0.3 is 20.1 Å². The molecule has 0 unspecified atom stereocenters. The Morgan fingerprint density at radius 1 is 1.29 bits per heavy atom. The highest BCUT2D eigenvalue weighted by molar-refractivity contribution is 5.76. The third kappa shape index (κ3) is 6.38. The molecule has 0 saturated heterocycles. The Balaban J connectivity index is 3.86. The minimum absolute atomic E-state index is 0.105. The summed E-state index contributed by atoms with van der Waals surface area (Å²) in [6.07, 6.45) is -0.437. The van der Waals surface area contributed by atoms with E-state index in [0.717, 1.165) is 0 Å². The highest BCUT2D eigenvalue weighted by Gasteiger charge is 2.27. The summed E-state index contributed by atoms with van der Waals surface area (Å²) in [6, 6.07) is 0. The van der Waals surface area contributed by atoms with Crippen molar-refractivity contribution in [1.82, 2.24) is 0 Å². The molecule has 0 rings (SSSR count). The maximum atomic E-state index is 10.8. The number of aliphatic hydroxyl groups is 2. The summed E-state index contributed by atoms with van der Waals surface area (Å²) in [5.74, 6) is -4.56. The number of carbonyl (C=O) groups excluding carboxylic acids is 1. The fourth-order valence-electron chi connectivity index (χ4n) is 0.819. The highest BCUT2D eigenvalue weighted by Crippen LogP contribution is 2.11. The van der Waals surface area contributed by atoms with Gasteiger partial charge in [0.1, 0.15) is 0 Å². The first kappa shape index (κ1) is 12.9. The van der Waals surface area contributed by atoms with E-state index in [1.165, 1.54) is 0 Å². The minimum atomic E-state index is -2.48. The van der Waals surface area contributed by atoms with Crippen LogP contribution < -0.4 is 0 Å². The van der Waals surface area contributed by atoms with E-state index in [9.17, 15) is 9.59 Å². The molecule has 3 N–H and O–H groups in total. The number of aliphatic carboxylic acids is 1. The third-order valence-electron chi connectivity index (χ3n) is 1.40. The van der Waals surface area contributed by atoms with Crippen LogP contribution in [0.3, 0.4) is 0 Å². The topological polar surface area (TPSA) is 104 Å². The number of hydrogen-bond donors (Lipinski definition) is 3. The predicted octanol–water partition coefficient (Wildman–Crippen LogP) is -0.167. The van der Waals surface area contributed by atoms with Crippen LogP contribution in [0.15, 0.2) is 0 Å². The number of esters is 1. The molecule has 0 fully saturated rings. The van der Waals surface area contributed by atoms with E-state index < -0.39 is 17.9 Å². The van der Waals surface area contributed by atoms with Crippen LogP contribution in [-0.4, -0.2) is 33.2 Å². The van der Waals surface area contributed by atoms with Gasteiger partial charge in [0.25, 0.3) is 0 Å². The molecule has 0 saturated carbocycles. The van der Waals surface area contributed by atoms with Crippen LogP contribution in [0, 0.1) is 0 Å². The van der Waals surface area contributed by atoms with Crippen LogP contribution in [0.25, 0.3) is 0 Å². The van der Waals surface area contributed by atoms with Crippen molar-refractivity contribution in [1.29, 1.82) is 0 Å². The smallest absolute Gasteiger partial charge is 0.324 e. The van der Waals surface area contributed by atoms with Crippen molar-refractivity contribution in [3.05, 3.63) is 0 Å². The van der Waals surface area contributed by atoms with Gasteiger partial charge in [-0.25, -0.2) is 0 Å². The van der Waals surface area contributed by atoms with Gasteiger partial charge in [0, 0.05) is 6.42 Å². The fourth-order valence-corrected chi connectivity index (χ4v) is 0.819. The number of ether oxygens (including phenoxy) is 1. The van der Waals surface area contributed by atoms with Gasteiger partial charge in [-0.3, -0.25) is 9.59 Å². The van der Waals surface area contributed by atoms with E-state index in [2.05, 4.69) is 4.74 Å². The standard InChI is InChI=1S/C8H14O6/c1-2-5-8(12,13)14-7(11)4-3-6(9)10/h12-13H,2-5H2,1H3,(H,9,10). The summed E-state index contributed by atoms with van der Waals surface area (Å²) in [6.45, 7) is 1.69. The normalized spacial score (nSPS) is 11.1. The van der Waals surface area contributed by atoms with Gasteiger partial charge in [0.2, 0.25) is 0 Å². The van der Waals surface area contributed by atoms with Crippen molar-refractivity contribution >= 4 is 11.9 Å². The molecule has 0 amide bonds. The van der Waals surface area contributed by atoms with Gasteiger partial charge in [-0.05, 0) is 6.42 Å². The Labute approximate surface area is 81.1 Å². The number of carboxylic acids is 1. The average Bonchev–Trinajstić information content (AvgIpc) is 1.99. The van der Waals surface area contributed by atoms with E-state index in [-0.39, 0.29) is 19.3 Å². The Kier molecular flexibility index (Phi) is 5.11. The summed E-state index contributed by atoms with van der Waals surface area (Å²) < 4.78 is 4.24. The molecule has 0 heterocycles. The van der Waals surface area contributed by atoms with E-state index >= 15 is 0 Å². The molecule has 0 aliphatic rings. The first-order valence-corrected chi connectivity index (χ1v) is 4.26. The lowest BCUT2D eigenvalue weighted by molar-refractivity contribution is -0.322. The molecule has 0 aromatic heterocycles. The third-order valence-corrected chi connectivity index (χ3v) is 1.40. The van der Waals surface area contributed by atoms with Crippen molar-refractivity contribution in [2.24, 2.45) is 0 Å². The SMILES string of the molecule is CCCC(O)(O)OC(=O)CCC(=O)O. The zero-order valence-electron chi connectivity index (χ0n) is 7.89. The number of carboxylic acid groups (broad SMARTS) is 1. The fraction of sp³-hybridized carbons (Fsp3) is 0.750. The molecule has 0 atom stereocenters. The second-order valence-electron chi connectivity index (χ2n) is 2.86. The van der Waals surface area contributed by atoms with Gasteiger partial charge in [0.15, 0.2) is 0 Å². The van der Waals surface area contributed by atoms with Crippen LogP contribution in [0.5, 0.6) is 0 Å². The van der Waals surface area contributed by atoms with Crippen molar-refractivity contribution in [2.45, 2.75) is 38.6 Å². The Morgan fingerprint density at radius 3 is 2.29 bits per heavy atom. The van der Waals surface area contributed by atoms with Gasteiger partial charge in [-0.1, -0.05) is 6.92 Å². The summed E-state index contributed by atoms with van der Waals surface area (Å²) in [5, 5.41) is 26.3. The zero-order valence-corrected chi connectivity index (χ0v) is 7.89. The molecule has 0 spiro atoms. The van der Waals surface area contributed by atoms with Gasteiger partial charge >= 0.3 is 17.9 Å². The van der Waals surface area contributed by atoms with Gasteiger partial charge in [-0.2, -0.15) is 0 Å². The van der Waals surface area contributed by atoms with E-state index in [1.54, 1.807) is 6.92 Å².